The standard InChI is InChI=1S/C23H18BrClN2O4S/c1-32(30,31)26-23(29)22-21(17-4-2-3-5-20(17)28)18-12-16(25)10-11-19(18)27(22)13-14-6-8-15(24)9-7-14/h2-4,6-12H,5,13H2,1H3,(H,26,29). The Hall–Kier alpha value is -2.68. The van der Waals surface area contributed by atoms with E-state index in [-0.39, 0.29) is 24.4 Å². The number of hydrogen-bond acceptors (Lipinski definition) is 4. The van der Waals surface area contributed by atoms with Gasteiger partial charge < -0.3 is 4.57 Å². The van der Waals surface area contributed by atoms with Gasteiger partial charge in [0.25, 0.3) is 5.91 Å². The van der Waals surface area contributed by atoms with E-state index in [0.717, 1.165) is 16.3 Å². The maximum absolute atomic E-state index is 13.2. The fraction of sp³-hybridized carbons (Fsp3) is 0.130. The molecular formula is C23H18BrClN2O4S. The van der Waals surface area contributed by atoms with Gasteiger partial charge in [0.05, 0.1) is 6.26 Å². The van der Waals surface area contributed by atoms with Gasteiger partial charge in [0.2, 0.25) is 10.0 Å². The zero-order chi connectivity index (χ0) is 23.0. The molecule has 1 aromatic heterocycles. The zero-order valence-electron chi connectivity index (χ0n) is 16.9. The molecule has 0 saturated carbocycles. The van der Waals surface area contributed by atoms with E-state index in [9.17, 15) is 18.0 Å². The van der Waals surface area contributed by atoms with E-state index in [1.807, 2.05) is 24.3 Å². The molecule has 0 bridgehead atoms. The number of allylic oxidation sites excluding steroid dienone is 4. The topological polar surface area (TPSA) is 85.2 Å². The summed E-state index contributed by atoms with van der Waals surface area (Å²) in [6, 6.07) is 12.7. The average molecular weight is 534 g/mol. The molecule has 1 heterocycles. The molecule has 2 aromatic carbocycles. The normalized spacial score (nSPS) is 14.0. The highest BCUT2D eigenvalue weighted by Crippen LogP contribution is 2.36. The second kappa shape index (κ2) is 8.69. The number of carbonyl (C=O) groups is 2. The zero-order valence-corrected chi connectivity index (χ0v) is 20.1. The third-order valence-electron chi connectivity index (χ3n) is 5.04. The summed E-state index contributed by atoms with van der Waals surface area (Å²) in [5, 5.41) is 1.04. The van der Waals surface area contributed by atoms with E-state index in [4.69, 9.17) is 11.6 Å². The summed E-state index contributed by atoms with van der Waals surface area (Å²) in [6.45, 7) is 0.287. The third-order valence-corrected chi connectivity index (χ3v) is 6.36. The van der Waals surface area contributed by atoms with Gasteiger partial charge in [0.1, 0.15) is 5.69 Å². The third kappa shape index (κ3) is 4.57. The largest absolute Gasteiger partial charge is 0.331 e. The second-order valence-corrected chi connectivity index (χ2v) is 10.5. The molecule has 0 radical (unpaired) electrons. The molecule has 32 heavy (non-hydrogen) atoms. The summed E-state index contributed by atoms with van der Waals surface area (Å²) < 4.78 is 28.4. The van der Waals surface area contributed by atoms with E-state index >= 15 is 0 Å². The molecule has 1 aliphatic carbocycles. The molecule has 164 valence electrons. The molecule has 1 aliphatic rings. The minimum atomic E-state index is -3.84. The highest BCUT2D eigenvalue weighted by atomic mass is 79.9. The summed E-state index contributed by atoms with van der Waals surface area (Å²) in [5.74, 6) is -0.973. The van der Waals surface area contributed by atoms with Crippen LogP contribution in [0.4, 0.5) is 0 Å². The van der Waals surface area contributed by atoms with E-state index in [2.05, 4.69) is 20.7 Å². The fourth-order valence-electron chi connectivity index (χ4n) is 3.75. The van der Waals surface area contributed by atoms with Gasteiger partial charge in [-0.15, -0.1) is 0 Å². The molecular weight excluding hydrogens is 516 g/mol. The van der Waals surface area contributed by atoms with Crippen molar-refractivity contribution in [3.8, 4) is 0 Å². The maximum Gasteiger partial charge on any atom is 0.282 e. The molecule has 1 amide bonds. The Morgan fingerprint density at radius 3 is 2.56 bits per heavy atom. The Morgan fingerprint density at radius 1 is 1.19 bits per heavy atom. The number of aromatic nitrogens is 1. The highest BCUT2D eigenvalue weighted by molar-refractivity contribution is 9.10. The highest BCUT2D eigenvalue weighted by Gasteiger charge is 2.29. The molecule has 0 fully saturated rings. The van der Waals surface area contributed by atoms with Gasteiger partial charge in [-0.1, -0.05) is 57.9 Å². The first-order valence-corrected chi connectivity index (χ1v) is 12.7. The number of nitrogens with zero attached hydrogens (tertiary/aromatic N) is 1. The first-order valence-electron chi connectivity index (χ1n) is 9.63. The number of fused-ring (bicyclic) bond motifs is 1. The summed E-state index contributed by atoms with van der Waals surface area (Å²) in [6.07, 6.45) is 6.23. The van der Waals surface area contributed by atoms with Gasteiger partial charge in [-0.05, 0) is 35.9 Å². The summed E-state index contributed by atoms with van der Waals surface area (Å²) in [4.78, 5) is 26.0. The number of ketones is 1. The second-order valence-electron chi connectivity index (χ2n) is 7.44. The van der Waals surface area contributed by atoms with Gasteiger partial charge in [-0.3, -0.25) is 9.59 Å². The minimum Gasteiger partial charge on any atom is -0.331 e. The monoisotopic (exact) mass is 532 g/mol. The SMILES string of the molecule is CS(=O)(=O)NC(=O)c1c(C2=CC=CCC2=O)c2cc(Cl)ccc2n1Cc1ccc(Br)cc1. The van der Waals surface area contributed by atoms with Crippen LogP contribution in [-0.2, 0) is 21.4 Å². The van der Waals surface area contributed by atoms with Crippen LogP contribution >= 0.6 is 27.5 Å². The molecule has 0 unspecified atom stereocenters. The lowest BCUT2D eigenvalue weighted by Crippen LogP contribution is -2.32. The molecule has 4 rings (SSSR count). The van der Waals surface area contributed by atoms with E-state index in [1.165, 1.54) is 0 Å². The number of carbonyl (C=O) groups excluding carboxylic acids is 2. The minimum absolute atomic E-state index is 0.0884. The van der Waals surface area contributed by atoms with Crippen LogP contribution in [0, 0.1) is 0 Å². The molecule has 0 spiro atoms. The van der Waals surface area contributed by atoms with Crippen molar-refractivity contribution >= 4 is 65.7 Å². The molecule has 1 N–H and O–H groups in total. The number of nitrogens with one attached hydrogen (secondary N) is 1. The van der Waals surface area contributed by atoms with Crippen LogP contribution < -0.4 is 4.72 Å². The number of hydrogen-bond donors (Lipinski definition) is 1. The number of rotatable bonds is 5. The van der Waals surface area contributed by atoms with Crippen molar-refractivity contribution in [2.24, 2.45) is 0 Å². The lowest BCUT2D eigenvalue weighted by molar-refractivity contribution is -0.113. The first-order chi connectivity index (χ1) is 15.1. The molecule has 0 saturated heterocycles. The van der Waals surface area contributed by atoms with E-state index < -0.39 is 15.9 Å². The number of amides is 1. The van der Waals surface area contributed by atoms with Crippen LogP contribution in [0.15, 0.2) is 65.2 Å². The summed E-state index contributed by atoms with van der Waals surface area (Å²) in [7, 11) is -3.84. The summed E-state index contributed by atoms with van der Waals surface area (Å²) >= 11 is 9.67. The Balaban J connectivity index is 2.04. The van der Waals surface area contributed by atoms with Gasteiger partial charge in [0.15, 0.2) is 5.78 Å². The summed E-state index contributed by atoms with van der Waals surface area (Å²) in [5.41, 5.74) is 2.35. The quantitative estimate of drug-likeness (QED) is 0.515. The first kappa shape index (κ1) is 22.5. The van der Waals surface area contributed by atoms with Crippen molar-refractivity contribution < 1.29 is 18.0 Å². The van der Waals surface area contributed by atoms with Gasteiger partial charge >= 0.3 is 0 Å². The number of sulfonamides is 1. The number of Topliss-reactive ketones (excluding diaryl/α,β-unsaturated/α-hetero) is 1. The van der Waals surface area contributed by atoms with Crippen molar-refractivity contribution in [1.29, 1.82) is 0 Å². The van der Waals surface area contributed by atoms with Crippen molar-refractivity contribution in [2.75, 3.05) is 6.26 Å². The predicted molar refractivity (Wildman–Crippen MR) is 129 cm³/mol. The Labute approximate surface area is 198 Å². The molecule has 6 nitrogen and oxygen atoms in total. The molecule has 3 aromatic rings. The van der Waals surface area contributed by atoms with Crippen LogP contribution in [-0.4, -0.2) is 30.9 Å². The Morgan fingerprint density at radius 2 is 1.91 bits per heavy atom. The van der Waals surface area contributed by atoms with Crippen LogP contribution in [0.25, 0.3) is 16.5 Å². The van der Waals surface area contributed by atoms with Crippen LogP contribution in [0.5, 0.6) is 0 Å². The Bertz CT molecular complexity index is 1420. The van der Waals surface area contributed by atoms with E-state index in [0.29, 0.717) is 27.1 Å². The van der Waals surface area contributed by atoms with Crippen LogP contribution in [0.3, 0.4) is 0 Å². The lowest BCUT2D eigenvalue weighted by Gasteiger charge is -2.14. The maximum atomic E-state index is 13.2. The molecule has 0 atom stereocenters. The number of benzene rings is 2. The van der Waals surface area contributed by atoms with Crippen molar-refractivity contribution in [3.63, 3.8) is 0 Å². The van der Waals surface area contributed by atoms with Gasteiger partial charge in [-0.25, -0.2) is 13.1 Å². The van der Waals surface area contributed by atoms with Crippen molar-refractivity contribution in [1.82, 2.24) is 9.29 Å². The fourth-order valence-corrected chi connectivity index (χ4v) is 4.62. The predicted octanol–water partition coefficient (Wildman–Crippen LogP) is 4.71. The van der Waals surface area contributed by atoms with Crippen LogP contribution in [0.1, 0.15) is 28.0 Å². The number of halogens is 2. The van der Waals surface area contributed by atoms with Crippen molar-refractivity contribution in [3.05, 3.63) is 87.0 Å². The smallest absolute Gasteiger partial charge is 0.282 e. The molecule has 9 heteroatoms. The Kier molecular flexibility index (Phi) is 6.11. The molecule has 0 aliphatic heterocycles. The van der Waals surface area contributed by atoms with Crippen LogP contribution in [0.2, 0.25) is 5.02 Å². The average Bonchev–Trinajstić information content (AvgIpc) is 3.02. The van der Waals surface area contributed by atoms with Gasteiger partial charge in [-0.2, -0.15) is 0 Å². The lowest BCUT2D eigenvalue weighted by atomic mass is 9.93. The van der Waals surface area contributed by atoms with Crippen molar-refractivity contribution in [2.45, 2.75) is 13.0 Å². The van der Waals surface area contributed by atoms with E-state index in [1.54, 1.807) is 41.0 Å². The van der Waals surface area contributed by atoms with Gasteiger partial charge in [0, 0.05) is 44.5 Å².